The first-order valence-electron chi connectivity index (χ1n) is 6.44. The number of aliphatic hydroxyl groups is 1. The Morgan fingerprint density at radius 2 is 2.17 bits per heavy atom. The molecule has 0 radical (unpaired) electrons. The minimum atomic E-state index is 0.0405. The number of likely N-dealkylation sites (tertiary alicyclic amines) is 1. The molecule has 0 aromatic heterocycles. The monoisotopic (exact) mass is 265 g/mol. The summed E-state index contributed by atoms with van der Waals surface area (Å²) >= 11 is 4.34. The minimum absolute atomic E-state index is 0.0405. The number of thiol groups is 1. The Hall–Kier alpha value is -1.00. The molecule has 2 rings (SSSR count). The Morgan fingerprint density at radius 3 is 2.89 bits per heavy atom. The van der Waals surface area contributed by atoms with Crippen LogP contribution in [0.2, 0.25) is 0 Å². The van der Waals surface area contributed by atoms with Gasteiger partial charge in [-0.1, -0.05) is 12.1 Å². The van der Waals surface area contributed by atoms with Gasteiger partial charge in [0, 0.05) is 24.1 Å². The van der Waals surface area contributed by atoms with E-state index in [0.29, 0.717) is 12.0 Å². The summed E-state index contributed by atoms with van der Waals surface area (Å²) in [6.45, 7) is 0.919. The zero-order chi connectivity index (χ0) is 13.0. The number of carbonyl (C=O) groups excluding carboxylic acids is 1. The lowest BCUT2D eigenvalue weighted by atomic mass is 9.98. The van der Waals surface area contributed by atoms with Gasteiger partial charge >= 0.3 is 0 Å². The third-order valence-corrected chi connectivity index (χ3v) is 3.87. The number of hydrogen-bond donors (Lipinski definition) is 2. The summed E-state index contributed by atoms with van der Waals surface area (Å²) in [6, 6.07) is 7.55. The summed E-state index contributed by atoms with van der Waals surface area (Å²) in [4.78, 5) is 15.1. The molecule has 0 saturated carbocycles. The molecule has 1 atom stereocenters. The molecule has 98 valence electrons. The Labute approximate surface area is 113 Å². The molecule has 1 aromatic rings. The van der Waals surface area contributed by atoms with Gasteiger partial charge in [0.1, 0.15) is 0 Å². The summed E-state index contributed by atoms with van der Waals surface area (Å²) in [6.07, 6.45) is 3.83. The molecule has 0 bridgehead atoms. The Morgan fingerprint density at radius 1 is 1.39 bits per heavy atom. The number of rotatable bonds is 3. The molecule has 1 saturated heterocycles. The molecule has 1 heterocycles. The predicted molar refractivity (Wildman–Crippen MR) is 74.1 cm³/mol. The fourth-order valence-corrected chi connectivity index (χ4v) is 2.78. The molecule has 1 fully saturated rings. The highest BCUT2D eigenvalue weighted by atomic mass is 32.1. The van der Waals surface area contributed by atoms with Crippen molar-refractivity contribution in [1.82, 2.24) is 4.90 Å². The van der Waals surface area contributed by atoms with Crippen LogP contribution in [0.3, 0.4) is 0 Å². The van der Waals surface area contributed by atoms with E-state index in [0.717, 1.165) is 30.7 Å². The van der Waals surface area contributed by atoms with Crippen molar-refractivity contribution in [1.29, 1.82) is 0 Å². The van der Waals surface area contributed by atoms with Gasteiger partial charge in [-0.3, -0.25) is 4.79 Å². The molecular weight excluding hydrogens is 246 g/mol. The van der Waals surface area contributed by atoms with Gasteiger partial charge < -0.3 is 10.0 Å². The largest absolute Gasteiger partial charge is 0.396 e. The van der Waals surface area contributed by atoms with E-state index in [1.807, 2.05) is 29.2 Å². The summed E-state index contributed by atoms with van der Waals surface area (Å²) in [5.74, 6) is 0.0405. The molecule has 3 nitrogen and oxygen atoms in total. The highest BCUT2D eigenvalue weighted by Gasteiger charge is 2.27. The molecule has 1 aliphatic heterocycles. The lowest BCUT2D eigenvalue weighted by molar-refractivity contribution is 0.0571. The summed E-state index contributed by atoms with van der Waals surface area (Å²) in [5.41, 5.74) is 0.658. The van der Waals surface area contributed by atoms with Crippen LogP contribution in [0.25, 0.3) is 0 Å². The van der Waals surface area contributed by atoms with Crippen molar-refractivity contribution in [2.24, 2.45) is 0 Å². The summed E-state index contributed by atoms with van der Waals surface area (Å²) in [5, 5.41) is 9.09. The molecule has 1 aliphatic rings. The van der Waals surface area contributed by atoms with E-state index in [1.54, 1.807) is 0 Å². The maximum atomic E-state index is 12.5. The predicted octanol–water partition coefficient (Wildman–Crippen LogP) is 2.35. The Bertz CT molecular complexity index is 420. The third kappa shape index (κ3) is 2.87. The third-order valence-electron chi connectivity index (χ3n) is 3.48. The molecule has 0 spiro atoms. The van der Waals surface area contributed by atoms with Crippen LogP contribution in [0.4, 0.5) is 0 Å². The summed E-state index contributed by atoms with van der Waals surface area (Å²) < 4.78 is 0. The normalized spacial score (nSPS) is 19.9. The van der Waals surface area contributed by atoms with Gasteiger partial charge in [0.05, 0.1) is 5.56 Å². The highest BCUT2D eigenvalue weighted by Crippen LogP contribution is 2.24. The fraction of sp³-hybridized carbons (Fsp3) is 0.500. The van der Waals surface area contributed by atoms with E-state index < -0.39 is 0 Å². The van der Waals surface area contributed by atoms with Gasteiger partial charge in [-0.05, 0) is 37.8 Å². The summed E-state index contributed by atoms with van der Waals surface area (Å²) in [7, 11) is 0. The molecule has 1 amide bonds. The van der Waals surface area contributed by atoms with Crippen LogP contribution in [0, 0.1) is 0 Å². The van der Waals surface area contributed by atoms with Crippen molar-refractivity contribution in [2.45, 2.75) is 36.6 Å². The molecule has 1 N–H and O–H groups in total. The van der Waals surface area contributed by atoms with E-state index >= 15 is 0 Å². The zero-order valence-electron chi connectivity index (χ0n) is 10.4. The first-order valence-corrected chi connectivity index (χ1v) is 6.88. The van der Waals surface area contributed by atoms with Gasteiger partial charge in [0.2, 0.25) is 0 Å². The lowest BCUT2D eigenvalue weighted by Crippen LogP contribution is -2.44. The van der Waals surface area contributed by atoms with Crippen LogP contribution in [-0.4, -0.2) is 35.1 Å². The highest BCUT2D eigenvalue weighted by molar-refractivity contribution is 7.80. The molecular formula is C14H19NO2S. The fourth-order valence-electron chi connectivity index (χ4n) is 2.53. The van der Waals surface area contributed by atoms with Crippen molar-refractivity contribution < 1.29 is 9.90 Å². The average molecular weight is 265 g/mol. The van der Waals surface area contributed by atoms with Crippen molar-refractivity contribution in [3.63, 3.8) is 0 Å². The van der Waals surface area contributed by atoms with Crippen molar-refractivity contribution in [3.05, 3.63) is 29.8 Å². The van der Waals surface area contributed by atoms with Crippen molar-refractivity contribution in [2.75, 3.05) is 13.2 Å². The second-order valence-corrected chi connectivity index (χ2v) is 5.16. The standard InChI is InChI=1S/C14H19NO2S/c16-10-8-11-5-3-4-9-15(11)14(17)12-6-1-2-7-13(12)18/h1-2,6-7,11,16,18H,3-5,8-10H2. The van der Waals surface area contributed by atoms with Gasteiger partial charge in [-0.25, -0.2) is 0 Å². The number of amides is 1. The molecule has 4 heteroatoms. The average Bonchev–Trinajstić information content (AvgIpc) is 2.40. The SMILES string of the molecule is O=C(c1ccccc1S)N1CCCCC1CCO. The van der Waals surface area contributed by atoms with Crippen LogP contribution in [0.5, 0.6) is 0 Å². The Balaban J connectivity index is 2.18. The quantitative estimate of drug-likeness (QED) is 0.824. The van der Waals surface area contributed by atoms with Gasteiger partial charge in [-0.2, -0.15) is 0 Å². The second-order valence-electron chi connectivity index (χ2n) is 4.68. The number of aliphatic hydroxyl groups excluding tert-OH is 1. The second kappa shape index (κ2) is 6.25. The maximum absolute atomic E-state index is 12.5. The van der Waals surface area contributed by atoms with Crippen LogP contribution in [-0.2, 0) is 0 Å². The number of piperidine rings is 1. The van der Waals surface area contributed by atoms with Crippen LogP contribution in [0.15, 0.2) is 29.2 Å². The van der Waals surface area contributed by atoms with E-state index in [4.69, 9.17) is 5.11 Å². The van der Waals surface area contributed by atoms with E-state index in [-0.39, 0.29) is 18.6 Å². The molecule has 1 unspecified atom stereocenters. The van der Waals surface area contributed by atoms with Crippen molar-refractivity contribution >= 4 is 18.5 Å². The van der Waals surface area contributed by atoms with Gasteiger partial charge in [0.25, 0.3) is 5.91 Å². The molecule has 0 aliphatic carbocycles. The van der Waals surface area contributed by atoms with E-state index in [9.17, 15) is 4.79 Å². The number of carbonyl (C=O) groups is 1. The van der Waals surface area contributed by atoms with Crippen LogP contribution in [0.1, 0.15) is 36.0 Å². The van der Waals surface area contributed by atoms with E-state index in [2.05, 4.69) is 12.6 Å². The Kier molecular flexibility index (Phi) is 4.66. The number of hydrogen-bond acceptors (Lipinski definition) is 3. The van der Waals surface area contributed by atoms with Crippen LogP contribution < -0.4 is 0 Å². The van der Waals surface area contributed by atoms with Crippen molar-refractivity contribution in [3.8, 4) is 0 Å². The maximum Gasteiger partial charge on any atom is 0.255 e. The first kappa shape index (κ1) is 13.4. The smallest absolute Gasteiger partial charge is 0.255 e. The topological polar surface area (TPSA) is 40.5 Å². The van der Waals surface area contributed by atoms with Crippen LogP contribution >= 0.6 is 12.6 Å². The van der Waals surface area contributed by atoms with E-state index in [1.165, 1.54) is 0 Å². The minimum Gasteiger partial charge on any atom is -0.396 e. The molecule has 18 heavy (non-hydrogen) atoms. The molecule has 1 aromatic carbocycles. The van der Waals surface area contributed by atoms with Gasteiger partial charge in [0.15, 0.2) is 0 Å². The van der Waals surface area contributed by atoms with Gasteiger partial charge in [-0.15, -0.1) is 12.6 Å². The first-order chi connectivity index (χ1) is 8.74. The number of nitrogens with zero attached hydrogens (tertiary/aromatic N) is 1. The zero-order valence-corrected chi connectivity index (χ0v) is 11.3. The lowest BCUT2D eigenvalue weighted by Gasteiger charge is -2.35. The number of benzene rings is 1.